The summed E-state index contributed by atoms with van der Waals surface area (Å²) >= 11 is 0. The van der Waals surface area contributed by atoms with Gasteiger partial charge in [0.1, 0.15) is 11.6 Å². The average molecular weight is 379 g/mol. The van der Waals surface area contributed by atoms with Crippen molar-refractivity contribution >= 4 is 5.91 Å². The first-order chi connectivity index (χ1) is 13.5. The van der Waals surface area contributed by atoms with Gasteiger partial charge in [0.15, 0.2) is 0 Å². The molecule has 0 aromatic carbocycles. The molecule has 1 aliphatic heterocycles. The third-order valence-electron chi connectivity index (χ3n) is 5.17. The third kappa shape index (κ3) is 3.58. The minimum atomic E-state index is -0.197. The number of hydrogen-bond donors (Lipinski definition) is 1. The summed E-state index contributed by atoms with van der Waals surface area (Å²) in [6.07, 6.45) is 4.37. The number of aryl methyl sites for hydroxylation is 2. The highest BCUT2D eigenvalue weighted by atomic mass is 16.5. The van der Waals surface area contributed by atoms with E-state index in [1.54, 1.807) is 12.4 Å². The van der Waals surface area contributed by atoms with Crippen molar-refractivity contribution in [1.82, 2.24) is 25.0 Å². The van der Waals surface area contributed by atoms with E-state index in [4.69, 9.17) is 4.52 Å². The molecule has 8 heteroatoms. The molecule has 3 aromatic heterocycles. The van der Waals surface area contributed by atoms with Crippen LogP contribution >= 0.6 is 0 Å². The topological polar surface area (TPSA) is 105 Å². The number of carbonyl (C=O) groups excluding carboxylic acids is 1. The number of rotatable bonds is 4. The second-order valence-electron chi connectivity index (χ2n) is 7.06. The van der Waals surface area contributed by atoms with Crippen LogP contribution in [0, 0.1) is 13.8 Å². The Morgan fingerprint density at radius 1 is 1.32 bits per heavy atom. The predicted molar refractivity (Wildman–Crippen MR) is 102 cm³/mol. The lowest BCUT2D eigenvalue weighted by atomic mass is 10.1. The minimum absolute atomic E-state index is 0.00288. The van der Waals surface area contributed by atoms with Crippen LogP contribution in [0.15, 0.2) is 39.9 Å². The van der Waals surface area contributed by atoms with Crippen molar-refractivity contribution in [1.29, 1.82) is 0 Å². The van der Waals surface area contributed by atoms with Gasteiger partial charge in [-0.05, 0) is 32.4 Å². The van der Waals surface area contributed by atoms with E-state index in [1.807, 2.05) is 30.9 Å². The van der Waals surface area contributed by atoms with Crippen LogP contribution < -0.4 is 5.56 Å². The highest BCUT2D eigenvalue weighted by Crippen LogP contribution is 2.26. The monoisotopic (exact) mass is 379 g/mol. The molecule has 144 valence electrons. The number of H-pyrrole nitrogens is 1. The van der Waals surface area contributed by atoms with Crippen LogP contribution in [0.4, 0.5) is 0 Å². The summed E-state index contributed by atoms with van der Waals surface area (Å²) in [4.78, 5) is 38.1. The van der Waals surface area contributed by atoms with E-state index in [-0.39, 0.29) is 23.8 Å². The smallest absolute Gasteiger partial charge is 0.251 e. The Kier molecular flexibility index (Phi) is 4.77. The molecular weight excluding hydrogens is 358 g/mol. The highest BCUT2D eigenvalue weighted by molar-refractivity contribution is 5.79. The Labute approximate surface area is 161 Å². The molecule has 1 aliphatic rings. The van der Waals surface area contributed by atoms with Gasteiger partial charge in [0, 0.05) is 48.6 Å². The molecule has 0 bridgehead atoms. The summed E-state index contributed by atoms with van der Waals surface area (Å²) in [6, 6.07) is 5.12. The van der Waals surface area contributed by atoms with E-state index >= 15 is 0 Å². The van der Waals surface area contributed by atoms with Crippen molar-refractivity contribution in [3.63, 3.8) is 0 Å². The highest BCUT2D eigenvalue weighted by Gasteiger charge is 2.30. The van der Waals surface area contributed by atoms with E-state index in [2.05, 4.69) is 20.1 Å². The molecule has 0 radical (unpaired) electrons. The zero-order chi connectivity index (χ0) is 19.7. The van der Waals surface area contributed by atoms with Crippen molar-refractivity contribution in [2.24, 2.45) is 0 Å². The van der Waals surface area contributed by atoms with Gasteiger partial charge in [-0.2, -0.15) is 0 Å². The van der Waals surface area contributed by atoms with Crippen molar-refractivity contribution in [2.45, 2.75) is 32.6 Å². The molecule has 1 atom stereocenters. The fourth-order valence-corrected chi connectivity index (χ4v) is 3.57. The SMILES string of the molecule is Cc1noc(C)c1CC(=O)N1CC[C@@H](c2nc(-c3ccncc3)cc(=O)[nH]2)C1. The predicted octanol–water partition coefficient (Wildman–Crippen LogP) is 2.00. The van der Waals surface area contributed by atoms with Crippen LogP contribution in [-0.4, -0.2) is 44.0 Å². The number of likely N-dealkylation sites (tertiary alicyclic amines) is 1. The Bertz CT molecular complexity index is 1040. The van der Waals surface area contributed by atoms with Crippen LogP contribution in [-0.2, 0) is 11.2 Å². The summed E-state index contributed by atoms with van der Waals surface area (Å²) in [5, 5.41) is 3.91. The average Bonchev–Trinajstić information content (AvgIpc) is 3.31. The molecule has 8 nitrogen and oxygen atoms in total. The summed E-state index contributed by atoms with van der Waals surface area (Å²) in [5.74, 6) is 1.33. The van der Waals surface area contributed by atoms with E-state index in [0.29, 0.717) is 30.4 Å². The maximum Gasteiger partial charge on any atom is 0.251 e. The molecule has 3 aromatic rings. The molecular formula is C20H21N5O3. The van der Waals surface area contributed by atoms with Crippen LogP contribution in [0.5, 0.6) is 0 Å². The molecule has 1 fully saturated rings. The van der Waals surface area contributed by atoms with E-state index in [9.17, 15) is 9.59 Å². The molecule has 28 heavy (non-hydrogen) atoms. The van der Waals surface area contributed by atoms with Crippen molar-refractivity contribution in [2.75, 3.05) is 13.1 Å². The van der Waals surface area contributed by atoms with Gasteiger partial charge >= 0.3 is 0 Å². The fraction of sp³-hybridized carbons (Fsp3) is 0.350. The lowest BCUT2D eigenvalue weighted by molar-refractivity contribution is -0.129. The number of carbonyl (C=O) groups is 1. The first kappa shape index (κ1) is 18.1. The fourth-order valence-electron chi connectivity index (χ4n) is 3.57. The van der Waals surface area contributed by atoms with Gasteiger partial charge in [0.2, 0.25) is 5.91 Å². The van der Waals surface area contributed by atoms with Gasteiger partial charge in [-0.25, -0.2) is 4.98 Å². The van der Waals surface area contributed by atoms with E-state index in [0.717, 1.165) is 23.2 Å². The van der Waals surface area contributed by atoms with Gasteiger partial charge in [-0.15, -0.1) is 0 Å². The summed E-state index contributed by atoms with van der Waals surface area (Å²) < 4.78 is 5.14. The second kappa shape index (κ2) is 7.38. The molecule has 4 heterocycles. The van der Waals surface area contributed by atoms with E-state index in [1.165, 1.54) is 6.07 Å². The number of aromatic nitrogens is 4. The van der Waals surface area contributed by atoms with Crippen LogP contribution in [0.2, 0.25) is 0 Å². The van der Waals surface area contributed by atoms with Crippen molar-refractivity contribution in [3.05, 3.63) is 63.8 Å². The molecule has 0 unspecified atom stereocenters. The molecule has 1 amide bonds. The largest absolute Gasteiger partial charge is 0.361 e. The van der Waals surface area contributed by atoms with Gasteiger partial charge in [0.05, 0.1) is 17.8 Å². The molecule has 0 saturated carbocycles. The number of amides is 1. The normalized spacial score (nSPS) is 16.5. The summed E-state index contributed by atoms with van der Waals surface area (Å²) in [5.41, 5.74) is 2.85. The lowest BCUT2D eigenvalue weighted by Gasteiger charge is -2.16. The van der Waals surface area contributed by atoms with Gasteiger partial charge in [-0.3, -0.25) is 14.6 Å². The summed E-state index contributed by atoms with van der Waals surface area (Å²) in [7, 11) is 0. The van der Waals surface area contributed by atoms with Gasteiger partial charge < -0.3 is 14.4 Å². The first-order valence-corrected chi connectivity index (χ1v) is 9.22. The number of hydrogen-bond acceptors (Lipinski definition) is 6. The number of pyridine rings is 1. The Morgan fingerprint density at radius 3 is 2.82 bits per heavy atom. The van der Waals surface area contributed by atoms with Crippen molar-refractivity contribution in [3.8, 4) is 11.3 Å². The summed E-state index contributed by atoms with van der Waals surface area (Å²) in [6.45, 7) is 4.82. The zero-order valence-corrected chi connectivity index (χ0v) is 15.8. The Balaban J connectivity index is 1.51. The molecule has 1 N–H and O–H groups in total. The molecule has 0 aliphatic carbocycles. The van der Waals surface area contributed by atoms with Crippen molar-refractivity contribution < 1.29 is 9.32 Å². The second-order valence-corrected chi connectivity index (χ2v) is 7.06. The zero-order valence-electron chi connectivity index (χ0n) is 15.8. The lowest BCUT2D eigenvalue weighted by Crippen LogP contribution is -2.30. The number of nitrogens with zero attached hydrogens (tertiary/aromatic N) is 4. The maximum atomic E-state index is 12.7. The Hall–Kier alpha value is -3.29. The number of aromatic amines is 1. The maximum absolute atomic E-state index is 12.7. The first-order valence-electron chi connectivity index (χ1n) is 9.22. The van der Waals surface area contributed by atoms with Crippen LogP contribution in [0.3, 0.4) is 0 Å². The van der Waals surface area contributed by atoms with Crippen LogP contribution in [0.25, 0.3) is 11.3 Å². The van der Waals surface area contributed by atoms with Gasteiger partial charge in [-0.1, -0.05) is 5.16 Å². The molecule has 4 rings (SSSR count). The standard InChI is InChI=1S/C20H21N5O3/c1-12-16(13(2)28-24-12)9-19(27)25-8-5-15(11-25)20-22-17(10-18(26)23-20)14-3-6-21-7-4-14/h3-4,6-7,10,15H,5,8-9,11H2,1-2H3,(H,22,23,26)/t15-/m1/s1. The molecule has 0 spiro atoms. The van der Waals surface area contributed by atoms with Crippen LogP contribution in [0.1, 0.15) is 35.2 Å². The third-order valence-corrected chi connectivity index (χ3v) is 5.17. The van der Waals surface area contributed by atoms with Gasteiger partial charge in [0.25, 0.3) is 5.56 Å². The molecule has 1 saturated heterocycles. The number of nitrogens with one attached hydrogen (secondary N) is 1. The Morgan fingerprint density at radius 2 is 2.11 bits per heavy atom. The quantitative estimate of drug-likeness (QED) is 0.743. The van der Waals surface area contributed by atoms with E-state index < -0.39 is 0 Å². The minimum Gasteiger partial charge on any atom is -0.361 e.